The predicted octanol–water partition coefficient (Wildman–Crippen LogP) is 4.26. The molecule has 8 heteroatoms. The van der Waals surface area contributed by atoms with E-state index in [1.807, 2.05) is 0 Å². The molecule has 130 valence electrons. The maximum Gasteiger partial charge on any atom is 0.329 e. The van der Waals surface area contributed by atoms with Gasteiger partial charge in [0.2, 0.25) is 0 Å². The Morgan fingerprint density at radius 1 is 1.25 bits per heavy atom. The first-order valence-corrected chi connectivity index (χ1v) is 9.40. The summed E-state index contributed by atoms with van der Waals surface area (Å²) in [6.45, 7) is 4.01. The lowest BCUT2D eigenvalue weighted by Crippen LogP contribution is -2.34. The molecule has 1 fully saturated rings. The van der Waals surface area contributed by atoms with Gasteiger partial charge in [-0.3, -0.25) is 9.59 Å². The average Bonchev–Trinajstić information content (AvgIpc) is 3.26. The van der Waals surface area contributed by atoms with Crippen molar-refractivity contribution in [2.24, 2.45) is 11.3 Å². The fourth-order valence-corrected chi connectivity index (χ4v) is 4.70. The second-order valence-electron chi connectivity index (χ2n) is 5.23. The van der Waals surface area contributed by atoms with Crippen molar-refractivity contribution in [1.29, 1.82) is 0 Å². The number of halogens is 3. The highest BCUT2D eigenvalue weighted by Gasteiger charge is 2.67. The molecular formula is C16H15Br3O5. The maximum absolute atomic E-state index is 12.7. The highest BCUT2D eigenvalue weighted by molar-refractivity contribution is 9.11. The number of rotatable bonds is 7. The van der Waals surface area contributed by atoms with Crippen LogP contribution < -0.4 is 4.74 Å². The molecule has 5 nitrogen and oxygen atoms in total. The third-order valence-corrected chi connectivity index (χ3v) is 5.34. The van der Waals surface area contributed by atoms with Crippen molar-refractivity contribution in [3.05, 3.63) is 38.2 Å². The van der Waals surface area contributed by atoms with Gasteiger partial charge in [-0.15, -0.1) is 6.58 Å². The Hall–Kier alpha value is -0.700. The average molecular weight is 527 g/mol. The lowest BCUT2D eigenvalue weighted by molar-refractivity contribution is -0.161. The molecule has 24 heavy (non-hydrogen) atoms. The van der Waals surface area contributed by atoms with E-state index in [0.717, 1.165) is 4.47 Å². The second kappa shape index (κ2) is 8.12. The lowest BCUT2D eigenvalue weighted by Gasteiger charge is -2.16. The molecule has 0 N–H and O–H groups in total. The molecule has 0 aliphatic heterocycles. The summed E-state index contributed by atoms with van der Waals surface area (Å²) in [4.78, 5) is 25.0. The summed E-state index contributed by atoms with van der Waals surface area (Å²) in [5.74, 6) is -1.26. The molecule has 0 amide bonds. The van der Waals surface area contributed by atoms with E-state index in [2.05, 4.69) is 54.4 Å². The molecule has 0 spiro atoms. The largest absolute Gasteiger partial charge is 0.462 e. The van der Waals surface area contributed by atoms with Crippen molar-refractivity contribution in [3.8, 4) is 5.75 Å². The summed E-state index contributed by atoms with van der Waals surface area (Å²) < 4.78 is 17.4. The van der Waals surface area contributed by atoms with Gasteiger partial charge >= 0.3 is 11.9 Å². The smallest absolute Gasteiger partial charge is 0.329 e. The van der Waals surface area contributed by atoms with Crippen molar-refractivity contribution in [1.82, 2.24) is 0 Å². The number of ether oxygens (including phenoxy) is 3. The molecule has 2 rings (SSSR count). The molecule has 0 radical (unpaired) electrons. The zero-order valence-corrected chi connectivity index (χ0v) is 17.6. The van der Waals surface area contributed by atoms with Gasteiger partial charge < -0.3 is 14.2 Å². The topological polar surface area (TPSA) is 61.8 Å². The van der Waals surface area contributed by atoms with Crippen molar-refractivity contribution < 1.29 is 23.8 Å². The van der Waals surface area contributed by atoms with E-state index in [4.69, 9.17) is 14.2 Å². The summed E-state index contributed by atoms with van der Waals surface area (Å²) in [6, 6.07) is 3.49. The zero-order chi connectivity index (χ0) is 17.9. The van der Waals surface area contributed by atoms with Gasteiger partial charge in [-0.2, -0.15) is 0 Å². The number of allylic oxidation sites excluding steroid dienone is 1. The highest BCUT2D eigenvalue weighted by atomic mass is 79.9. The first-order chi connectivity index (χ1) is 11.4. The number of hydrogen-bond acceptors (Lipinski definition) is 5. The van der Waals surface area contributed by atoms with Gasteiger partial charge in [-0.1, -0.05) is 22.0 Å². The van der Waals surface area contributed by atoms with Crippen LogP contribution in [0.3, 0.4) is 0 Å². The Kier molecular flexibility index (Phi) is 6.64. The van der Waals surface area contributed by atoms with Crippen molar-refractivity contribution >= 4 is 59.7 Å². The van der Waals surface area contributed by atoms with Crippen LogP contribution in [0.4, 0.5) is 0 Å². The van der Waals surface area contributed by atoms with Gasteiger partial charge in [0.15, 0.2) is 11.2 Å². The summed E-state index contributed by atoms with van der Waals surface area (Å²) in [7, 11) is 1.50. The van der Waals surface area contributed by atoms with E-state index in [-0.39, 0.29) is 19.1 Å². The van der Waals surface area contributed by atoms with Crippen LogP contribution in [0, 0.1) is 11.3 Å². The molecule has 0 bridgehead atoms. The van der Waals surface area contributed by atoms with Crippen molar-refractivity contribution in [3.63, 3.8) is 0 Å². The fraction of sp³-hybridized carbons (Fsp3) is 0.375. The predicted molar refractivity (Wildman–Crippen MR) is 98.7 cm³/mol. The number of esters is 2. The van der Waals surface area contributed by atoms with Gasteiger partial charge in [0, 0.05) is 17.5 Å². The Balaban J connectivity index is 2.19. The summed E-state index contributed by atoms with van der Waals surface area (Å²) in [5, 5.41) is 0. The molecule has 1 aromatic rings. The molecule has 2 unspecified atom stereocenters. The molecule has 0 aromatic heterocycles. The van der Waals surface area contributed by atoms with Crippen LogP contribution in [-0.2, 0) is 19.1 Å². The third kappa shape index (κ3) is 3.92. The summed E-state index contributed by atoms with van der Waals surface area (Å²) in [6.07, 6.45) is 1.90. The molecular weight excluding hydrogens is 512 g/mol. The first kappa shape index (κ1) is 19.6. The molecule has 1 aliphatic rings. The van der Waals surface area contributed by atoms with Crippen molar-refractivity contribution in [2.45, 2.75) is 6.42 Å². The van der Waals surface area contributed by atoms with Crippen LogP contribution in [0.5, 0.6) is 5.75 Å². The number of carbonyl (C=O) groups is 2. The SMILES string of the molecule is C=CC1CC1(C(=O)OCCOC)C(=O)Oc1c(Br)cc(Br)cc1Br. The Bertz CT molecular complexity index is 653. The van der Waals surface area contributed by atoms with E-state index >= 15 is 0 Å². The van der Waals surface area contributed by atoms with Gasteiger partial charge in [-0.25, -0.2) is 0 Å². The maximum atomic E-state index is 12.7. The Morgan fingerprint density at radius 3 is 2.38 bits per heavy atom. The van der Waals surface area contributed by atoms with Gasteiger partial charge in [0.05, 0.1) is 15.6 Å². The minimum absolute atomic E-state index is 0.0832. The van der Waals surface area contributed by atoms with E-state index < -0.39 is 17.4 Å². The standard InChI is InChI=1S/C16H15Br3O5/c1-3-9-8-16(9,14(20)23-5-4-22-2)15(21)24-13-11(18)6-10(17)7-12(13)19/h3,6-7,9H,1,4-5,8H2,2H3. The normalized spacial score (nSPS) is 21.9. The van der Waals surface area contributed by atoms with Crippen LogP contribution in [0.1, 0.15) is 6.42 Å². The molecule has 1 aromatic carbocycles. The number of hydrogen-bond donors (Lipinski definition) is 0. The van der Waals surface area contributed by atoms with Crippen LogP contribution in [0.2, 0.25) is 0 Å². The quantitative estimate of drug-likeness (QED) is 0.175. The van der Waals surface area contributed by atoms with E-state index in [9.17, 15) is 9.59 Å². The molecule has 0 saturated heterocycles. The van der Waals surface area contributed by atoms with E-state index in [1.165, 1.54) is 7.11 Å². The highest BCUT2D eigenvalue weighted by Crippen LogP contribution is 2.55. The van der Waals surface area contributed by atoms with Crippen LogP contribution in [-0.4, -0.2) is 32.3 Å². The number of methoxy groups -OCH3 is 1. The van der Waals surface area contributed by atoms with Crippen molar-refractivity contribution in [2.75, 3.05) is 20.3 Å². The van der Waals surface area contributed by atoms with Crippen LogP contribution in [0.25, 0.3) is 0 Å². The van der Waals surface area contributed by atoms with Gasteiger partial charge in [-0.05, 0) is 50.4 Å². The van der Waals surface area contributed by atoms with E-state index in [1.54, 1.807) is 18.2 Å². The first-order valence-electron chi connectivity index (χ1n) is 7.02. The van der Waals surface area contributed by atoms with Crippen LogP contribution in [0.15, 0.2) is 38.2 Å². The van der Waals surface area contributed by atoms with E-state index in [0.29, 0.717) is 21.1 Å². The molecule has 1 aliphatic carbocycles. The number of carbonyl (C=O) groups excluding carboxylic acids is 2. The van der Waals surface area contributed by atoms with Crippen LogP contribution >= 0.6 is 47.8 Å². The minimum atomic E-state index is -1.33. The number of benzene rings is 1. The monoisotopic (exact) mass is 524 g/mol. The molecule has 0 heterocycles. The second-order valence-corrected chi connectivity index (χ2v) is 7.86. The molecule has 2 atom stereocenters. The summed E-state index contributed by atoms with van der Waals surface area (Å²) >= 11 is 10.0. The van der Waals surface area contributed by atoms with Gasteiger partial charge in [0.25, 0.3) is 0 Å². The zero-order valence-electron chi connectivity index (χ0n) is 12.8. The fourth-order valence-electron chi connectivity index (χ4n) is 2.28. The summed E-state index contributed by atoms with van der Waals surface area (Å²) in [5.41, 5.74) is -1.33. The minimum Gasteiger partial charge on any atom is -0.462 e. The Morgan fingerprint density at radius 2 is 1.88 bits per heavy atom. The lowest BCUT2D eigenvalue weighted by atomic mass is 10.0. The Labute approximate surface area is 165 Å². The molecule has 1 saturated carbocycles. The third-order valence-electron chi connectivity index (χ3n) is 3.71. The van der Waals surface area contributed by atoms with Gasteiger partial charge in [0.1, 0.15) is 6.61 Å².